The summed E-state index contributed by atoms with van der Waals surface area (Å²) in [4.78, 5) is 13.7. The molecule has 0 spiro atoms. The third-order valence-electron chi connectivity index (χ3n) is 7.54. The smallest absolute Gasteiger partial charge is 0.211 e. The number of benzene rings is 2. The normalized spacial score (nSPS) is 15.6. The van der Waals surface area contributed by atoms with E-state index >= 15 is 0 Å². The van der Waals surface area contributed by atoms with Crippen molar-refractivity contribution in [2.75, 3.05) is 19.7 Å². The Balaban J connectivity index is 1.15. The summed E-state index contributed by atoms with van der Waals surface area (Å²) in [6.45, 7) is 6.69. The van der Waals surface area contributed by atoms with Crippen LogP contribution >= 0.6 is 11.3 Å². The molecule has 1 unspecified atom stereocenters. The molecule has 2 aromatic carbocycles. The van der Waals surface area contributed by atoms with Gasteiger partial charge in [0.1, 0.15) is 5.75 Å². The molecular weight excluding hydrogens is 478 g/mol. The fourth-order valence-electron chi connectivity index (χ4n) is 5.53. The van der Waals surface area contributed by atoms with Gasteiger partial charge in [-0.15, -0.1) is 11.3 Å². The summed E-state index contributed by atoms with van der Waals surface area (Å²) < 4.78 is 11.5. The van der Waals surface area contributed by atoms with Crippen LogP contribution in [0.2, 0.25) is 0 Å². The van der Waals surface area contributed by atoms with E-state index in [1.807, 2.05) is 6.07 Å². The maximum Gasteiger partial charge on any atom is 0.211 e. The van der Waals surface area contributed by atoms with Crippen molar-refractivity contribution in [3.8, 4) is 5.75 Å². The van der Waals surface area contributed by atoms with Crippen molar-refractivity contribution in [1.29, 1.82) is 0 Å². The van der Waals surface area contributed by atoms with E-state index < -0.39 is 0 Å². The number of para-hydroxylation sites is 1. The molecule has 6 heteroatoms. The fourth-order valence-corrected chi connectivity index (χ4v) is 6.36. The summed E-state index contributed by atoms with van der Waals surface area (Å²) in [5.74, 6) is 1.67. The molecule has 1 fully saturated rings. The molecule has 6 rings (SSSR count). The Morgan fingerprint density at radius 3 is 2.78 bits per heavy atom. The molecule has 1 N–H and O–H groups in total. The number of nitrogens with zero attached hydrogens (tertiary/aromatic N) is 2. The highest BCUT2D eigenvalue weighted by Crippen LogP contribution is 2.30. The molecule has 1 atom stereocenters. The molecule has 190 valence electrons. The highest BCUT2D eigenvalue weighted by atomic mass is 32.1. The minimum atomic E-state index is 0.101. The summed E-state index contributed by atoms with van der Waals surface area (Å²) in [5.41, 5.74) is 5.13. The van der Waals surface area contributed by atoms with Gasteiger partial charge in [0.25, 0.3) is 0 Å². The number of hydrogen-bond acceptors (Lipinski definition) is 4. The summed E-state index contributed by atoms with van der Waals surface area (Å²) in [5, 5.41) is 6.50. The molecule has 4 heterocycles. The second kappa shape index (κ2) is 10.6. The lowest BCUT2D eigenvalue weighted by Gasteiger charge is -2.11. The molecule has 0 radical (unpaired) electrons. The number of hydrogen-bond donors (Lipinski definition) is 1. The Morgan fingerprint density at radius 1 is 1.11 bits per heavy atom. The van der Waals surface area contributed by atoms with Crippen molar-refractivity contribution in [2.45, 2.75) is 39.3 Å². The quantitative estimate of drug-likeness (QED) is 0.217. The number of ether oxygens (including phenoxy) is 1. The van der Waals surface area contributed by atoms with E-state index in [9.17, 15) is 4.79 Å². The third kappa shape index (κ3) is 4.83. The van der Waals surface area contributed by atoms with Crippen LogP contribution in [0.5, 0.6) is 5.75 Å². The van der Waals surface area contributed by atoms with E-state index in [2.05, 4.69) is 87.5 Å². The second-order valence-electron chi connectivity index (χ2n) is 9.94. The number of fused-ring (bicyclic) bond motifs is 2. The first kappa shape index (κ1) is 24.0. The predicted octanol–water partition coefficient (Wildman–Crippen LogP) is 6.53. The van der Waals surface area contributed by atoms with E-state index in [0.29, 0.717) is 5.92 Å². The zero-order valence-corrected chi connectivity index (χ0v) is 22.1. The van der Waals surface area contributed by atoms with E-state index in [1.54, 1.807) is 11.3 Å². The average molecular weight is 512 g/mol. The average Bonchev–Trinajstić information content (AvgIpc) is 3.72. The first-order valence-corrected chi connectivity index (χ1v) is 14.2. The Morgan fingerprint density at radius 2 is 1.97 bits per heavy atom. The van der Waals surface area contributed by atoms with Crippen LogP contribution in [0.1, 0.15) is 41.4 Å². The van der Waals surface area contributed by atoms with Gasteiger partial charge in [-0.1, -0.05) is 30.3 Å². The molecule has 0 bridgehead atoms. The number of ketones is 1. The molecule has 0 amide bonds. The lowest BCUT2D eigenvalue weighted by atomic mass is 10.1. The Labute approximate surface area is 221 Å². The maximum absolute atomic E-state index is 13.7. The van der Waals surface area contributed by atoms with Crippen LogP contribution < -0.4 is 10.1 Å². The van der Waals surface area contributed by atoms with Gasteiger partial charge in [-0.25, -0.2) is 0 Å². The van der Waals surface area contributed by atoms with Gasteiger partial charge in [-0.3, -0.25) is 4.79 Å². The second-order valence-corrected chi connectivity index (χ2v) is 10.9. The number of aromatic nitrogens is 2. The highest BCUT2D eigenvalue weighted by Gasteiger charge is 2.21. The van der Waals surface area contributed by atoms with Gasteiger partial charge in [0.2, 0.25) is 5.78 Å². The molecule has 0 saturated carbocycles. The Kier molecular flexibility index (Phi) is 6.85. The van der Waals surface area contributed by atoms with Crippen LogP contribution in [0.3, 0.4) is 0 Å². The van der Waals surface area contributed by atoms with Crippen LogP contribution in [0.15, 0.2) is 72.2 Å². The lowest BCUT2D eigenvalue weighted by molar-refractivity contribution is 0.103. The van der Waals surface area contributed by atoms with Gasteiger partial charge < -0.3 is 19.2 Å². The number of thiophene rings is 1. The SMILES string of the molecule is CCn1c(C(=O)c2cn(CCCc3ccc(OCC4CCNC4)cc3)c3ccccc23)cc2sccc21. The van der Waals surface area contributed by atoms with Gasteiger partial charge in [-0.05, 0) is 74.0 Å². The van der Waals surface area contributed by atoms with Gasteiger partial charge in [0.15, 0.2) is 0 Å². The third-order valence-corrected chi connectivity index (χ3v) is 8.39. The summed E-state index contributed by atoms with van der Waals surface area (Å²) in [7, 11) is 0. The minimum absolute atomic E-state index is 0.101. The molecule has 1 aliphatic rings. The van der Waals surface area contributed by atoms with E-state index in [0.717, 1.165) is 79.1 Å². The van der Waals surface area contributed by atoms with Crippen molar-refractivity contribution in [3.63, 3.8) is 0 Å². The fraction of sp³-hybridized carbons (Fsp3) is 0.323. The van der Waals surface area contributed by atoms with Crippen LogP contribution in [0.4, 0.5) is 0 Å². The van der Waals surface area contributed by atoms with Crippen LogP contribution in [-0.4, -0.2) is 34.6 Å². The van der Waals surface area contributed by atoms with Gasteiger partial charge in [-0.2, -0.15) is 0 Å². The van der Waals surface area contributed by atoms with Crippen molar-refractivity contribution in [1.82, 2.24) is 14.5 Å². The first-order chi connectivity index (χ1) is 18.2. The van der Waals surface area contributed by atoms with Crippen LogP contribution in [0, 0.1) is 5.92 Å². The molecule has 3 aromatic heterocycles. The van der Waals surface area contributed by atoms with E-state index in [-0.39, 0.29) is 5.78 Å². The molecule has 37 heavy (non-hydrogen) atoms. The zero-order valence-electron chi connectivity index (χ0n) is 21.3. The maximum atomic E-state index is 13.7. The summed E-state index contributed by atoms with van der Waals surface area (Å²) >= 11 is 1.69. The van der Waals surface area contributed by atoms with E-state index in [1.165, 1.54) is 16.7 Å². The molecule has 1 aliphatic heterocycles. The van der Waals surface area contributed by atoms with Crippen molar-refractivity contribution < 1.29 is 9.53 Å². The van der Waals surface area contributed by atoms with Gasteiger partial charge in [0.05, 0.1) is 22.5 Å². The molecule has 0 aliphatic carbocycles. The predicted molar refractivity (Wildman–Crippen MR) is 152 cm³/mol. The number of carbonyl (C=O) groups excluding carboxylic acids is 1. The van der Waals surface area contributed by atoms with Crippen molar-refractivity contribution in [2.24, 2.45) is 5.92 Å². The van der Waals surface area contributed by atoms with Crippen LogP contribution in [0.25, 0.3) is 21.1 Å². The summed E-state index contributed by atoms with van der Waals surface area (Å²) in [6, 6.07) is 21.0. The molecular formula is C31H33N3O2S. The summed E-state index contributed by atoms with van der Waals surface area (Å²) in [6.07, 6.45) is 5.24. The first-order valence-electron chi connectivity index (χ1n) is 13.3. The van der Waals surface area contributed by atoms with Gasteiger partial charge in [0, 0.05) is 48.2 Å². The van der Waals surface area contributed by atoms with Crippen molar-refractivity contribution in [3.05, 3.63) is 89.1 Å². The standard InChI is InChI=1S/C31H33N3O2S/c1-2-34-28-14-17-37-30(28)18-29(34)31(35)26-20-33(27-8-4-3-7-25(26)27)16-5-6-22-9-11-24(12-10-22)36-21-23-13-15-32-19-23/h3-4,7-12,14,17-18,20,23,32H,2,5-6,13,15-16,19,21H2,1H3. The number of nitrogens with one attached hydrogen (secondary N) is 1. The molecule has 1 saturated heterocycles. The Hall–Kier alpha value is -3.35. The highest BCUT2D eigenvalue weighted by molar-refractivity contribution is 7.17. The molecule has 5 aromatic rings. The number of aryl methyl sites for hydroxylation is 3. The zero-order chi connectivity index (χ0) is 25.2. The Bertz CT molecular complexity index is 1520. The number of rotatable bonds is 10. The van der Waals surface area contributed by atoms with Crippen LogP contribution in [-0.2, 0) is 19.5 Å². The monoisotopic (exact) mass is 511 g/mol. The molecule has 5 nitrogen and oxygen atoms in total. The van der Waals surface area contributed by atoms with E-state index in [4.69, 9.17) is 4.74 Å². The largest absolute Gasteiger partial charge is 0.493 e. The number of carbonyl (C=O) groups is 1. The minimum Gasteiger partial charge on any atom is -0.493 e. The topological polar surface area (TPSA) is 48.2 Å². The van der Waals surface area contributed by atoms with Crippen molar-refractivity contribution >= 4 is 38.2 Å². The van der Waals surface area contributed by atoms with Gasteiger partial charge >= 0.3 is 0 Å². The lowest BCUT2D eigenvalue weighted by Crippen LogP contribution is -2.15.